The van der Waals surface area contributed by atoms with E-state index in [2.05, 4.69) is 25.1 Å². The van der Waals surface area contributed by atoms with Crippen LogP contribution in [0.4, 0.5) is 13.2 Å². The van der Waals surface area contributed by atoms with E-state index in [-0.39, 0.29) is 35.3 Å². The van der Waals surface area contributed by atoms with Crippen molar-refractivity contribution in [2.75, 3.05) is 13.7 Å². The van der Waals surface area contributed by atoms with Crippen LogP contribution in [0, 0.1) is 17.2 Å². The Bertz CT molecular complexity index is 1710. The van der Waals surface area contributed by atoms with Crippen molar-refractivity contribution in [3.8, 4) is 22.9 Å². The molecule has 0 radical (unpaired) electrons. The molecular weight excluding hydrogens is 591 g/mol. The van der Waals surface area contributed by atoms with Gasteiger partial charge in [0.05, 0.1) is 37.5 Å². The molecule has 2 saturated carbocycles. The minimum Gasteiger partial charge on any atom is -0.497 e. The first-order chi connectivity index (χ1) is 21.6. The molecule has 0 saturated heterocycles. The number of fused-ring (bicyclic) bond motifs is 1. The van der Waals surface area contributed by atoms with Gasteiger partial charge in [0.2, 0.25) is 0 Å². The maximum atomic E-state index is 14.0. The SMILES string of the molecule is COc1cc(F)cc(-c2ncc(Cn3ncc4cc(OC(F)F)cc(C(=O)NC5CC6(CC(CCOC(C)=O)C6)C5)c43)cn2)c1. The number of nitrogens with one attached hydrogen (secondary N) is 1. The largest absolute Gasteiger partial charge is 0.497 e. The maximum Gasteiger partial charge on any atom is 0.387 e. The van der Waals surface area contributed by atoms with E-state index < -0.39 is 18.3 Å². The van der Waals surface area contributed by atoms with Crippen LogP contribution in [-0.4, -0.2) is 58.0 Å². The minimum absolute atomic E-state index is 0.0413. The summed E-state index contributed by atoms with van der Waals surface area (Å²) in [6.45, 7) is -1.04. The smallest absolute Gasteiger partial charge is 0.387 e. The number of amides is 1. The molecule has 0 bridgehead atoms. The summed E-state index contributed by atoms with van der Waals surface area (Å²) >= 11 is 0. The van der Waals surface area contributed by atoms with Crippen molar-refractivity contribution in [3.05, 3.63) is 65.9 Å². The zero-order chi connectivity index (χ0) is 31.7. The van der Waals surface area contributed by atoms with Crippen LogP contribution in [0.2, 0.25) is 0 Å². The topological polar surface area (TPSA) is 117 Å². The first-order valence-corrected chi connectivity index (χ1v) is 14.6. The van der Waals surface area contributed by atoms with E-state index in [9.17, 15) is 22.8 Å². The van der Waals surface area contributed by atoms with Gasteiger partial charge in [-0.15, -0.1) is 0 Å². The van der Waals surface area contributed by atoms with Gasteiger partial charge in [0, 0.05) is 47.9 Å². The van der Waals surface area contributed by atoms with Crippen LogP contribution in [0.15, 0.2) is 48.9 Å². The number of hydrogen-bond acceptors (Lipinski definition) is 8. The van der Waals surface area contributed by atoms with Crippen molar-refractivity contribution < 1.29 is 37.0 Å². The normalized spacial score (nSPS) is 20.5. The number of aromatic nitrogens is 4. The third-order valence-electron chi connectivity index (χ3n) is 8.55. The van der Waals surface area contributed by atoms with Gasteiger partial charge in [-0.2, -0.15) is 13.9 Å². The number of nitrogens with zero attached hydrogens (tertiary/aromatic N) is 4. The molecule has 45 heavy (non-hydrogen) atoms. The van der Waals surface area contributed by atoms with Gasteiger partial charge in [0.1, 0.15) is 17.3 Å². The molecule has 2 fully saturated rings. The van der Waals surface area contributed by atoms with Gasteiger partial charge in [-0.25, -0.2) is 14.4 Å². The predicted octanol–water partition coefficient (Wildman–Crippen LogP) is 5.53. The lowest BCUT2D eigenvalue weighted by Gasteiger charge is -2.58. The summed E-state index contributed by atoms with van der Waals surface area (Å²) < 4.78 is 56.6. The van der Waals surface area contributed by atoms with Crippen LogP contribution in [0.3, 0.4) is 0 Å². The molecule has 1 spiro atoms. The number of benzene rings is 2. The molecule has 2 aliphatic carbocycles. The number of alkyl halides is 2. The van der Waals surface area contributed by atoms with Gasteiger partial charge in [-0.1, -0.05) is 0 Å². The molecule has 2 aliphatic rings. The Morgan fingerprint density at radius 3 is 2.49 bits per heavy atom. The molecule has 4 aromatic rings. The fourth-order valence-electron chi connectivity index (χ4n) is 6.66. The quantitative estimate of drug-likeness (QED) is 0.217. The number of hydrogen-bond donors (Lipinski definition) is 1. The number of carbonyl (C=O) groups is 2. The Labute approximate surface area is 256 Å². The van der Waals surface area contributed by atoms with Crippen molar-refractivity contribution in [1.29, 1.82) is 0 Å². The summed E-state index contributed by atoms with van der Waals surface area (Å²) in [5, 5.41) is 7.94. The van der Waals surface area contributed by atoms with Gasteiger partial charge < -0.3 is 19.5 Å². The van der Waals surface area contributed by atoms with E-state index in [4.69, 9.17) is 9.47 Å². The molecule has 2 heterocycles. The molecule has 2 aromatic heterocycles. The van der Waals surface area contributed by atoms with Crippen molar-refractivity contribution >= 4 is 22.8 Å². The van der Waals surface area contributed by atoms with Gasteiger partial charge in [0.15, 0.2) is 5.82 Å². The van der Waals surface area contributed by atoms with Crippen LogP contribution in [-0.2, 0) is 16.1 Å². The monoisotopic (exact) mass is 623 g/mol. The summed E-state index contributed by atoms with van der Waals surface area (Å²) in [7, 11) is 1.44. The van der Waals surface area contributed by atoms with E-state index in [0.717, 1.165) is 32.1 Å². The molecule has 1 amide bonds. The van der Waals surface area contributed by atoms with Gasteiger partial charge in [-0.05, 0) is 67.7 Å². The van der Waals surface area contributed by atoms with Gasteiger partial charge in [0.25, 0.3) is 5.91 Å². The fourth-order valence-corrected chi connectivity index (χ4v) is 6.66. The molecule has 6 rings (SSSR count). The van der Waals surface area contributed by atoms with Crippen LogP contribution in [0.5, 0.6) is 11.5 Å². The lowest BCUT2D eigenvalue weighted by molar-refractivity contribution is -0.142. The minimum atomic E-state index is -3.05. The van der Waals surface area contributed by atoms with Crippen LogP contribution in [0.1, 0.15) is 54.9 Å². The van der Waals surface area contributed by atoms with Crippen molar-refractivity contribution in [2.45, 2.75) is 58.2 Å². The molecule has 0 aliphatic heterocycles. The highest BCUT2D eigenvalue weighted by atomic mass is 19.3. The number of ether oxygens (including phenoxy) is 3. The van der Waals surface area contributed by atoms with Crippen LogP contribution >= 0.6 is 0 Å². The second-order valence-electron chi connectivity index (χ2n) is 11.9. The number of rotatable bonds is 11. The molecular formula is C32H32F3N5O5. The Balaban J connectivity index is 1.17. The van der Waals surface area contributed by atoms with Crippen molar-refractivity contribution in [1.82, 2.24) is 25.1 Å². The summed E-state index contributed by atoms with van der Waals surface area (Å²) in [6, 6.07) is 6.88. The third-order valence-corrected chi connectivity index (χ3v) is 8.55. The molecule has 0 unspecified atom stereocenters. The Hall–Kier alpha value is -4.68. The standard InChI is InChI=1S/C32H32F3N5O5/c1-18(41)44-4-3-19-10-32(11-19)12-24(13-32)39-30(42)27-9-26(45-31(34)35)7-22-16-38-40(28(22)27)17-20-14-36-29(37-15-20)21-5-23(33)8-25(6-21)43-2/h5-9,14-16,19,24,31H,3-4,10-13,17H2,1-2H3,(H,39,42). The fraction of sp³-hybridized carbons (Fsp3) is 0.406. The highest BCUT2D eigenvalue weighted by Crippen LogP contribution is 2.59. The average Bonchev–Trinajstić information content (AvgIpc) is 3.35. The predicted molar refractivity (Wildman–Crippen MR) is 156 cm³/mol. The van der Waals surface area contributed by atoms with E-state index in [1.165, 1.54) is 44.5 Å². The molecule has 1 N–H and O–H groups in total. The van der Waals surface area contributed by atoms with E-state index in [0.29, 0.717) is 46.1 Å². The van der Waals surface area contributed by atoms with Gasteiger partial charge >= 0.3 is 12.6 Å². The average molecular weight is 624 g/mol. The molecule has 2 aromatic carbocycles. The maximum absolute atomic E-state index is 14.0. The number of carbonyl (C=O) groups excluding carboxylic acids is 2. The van der Waals surface area contributed by atoms with E-state index in [1.54, 1.807) is 23.1 Å². The summed E-state index contributed by atoms with van der Waals surface area (Å²) in [6.07, 6.45) is 9.21. The first kappa shape index (κ1) is 30.4. The Morgan fingerprint density at radius 2 is 1.80 bits per heavy atom. The second-order valence-corrected chi connectivity index (χ2v) is 11.9. The lowest BCUT2D eigenvalue weighted by Crippen LogP contribution is -2.56. The highest BCUT2D eigenvalue weighted by molar-refractivity contribution is 6.06. The van der Waals surface area contributed by atoms with E-state index >= 15 is 0 Å². The summed E-state index contributed by atoms with van der Waals surface area (Å²) in [5.74, 6) is -0.150. The Kier molecular flexibility index (Phi) is 8.34. The molecule has 13 heteroatoms. The van der Waals surface area contributed by atoms with Gasteiger partial charge in [-0.3, -0.25) is 14.3 Å². The second kappa shape index (κ2) is 12.4. The molecule has 236 valence electrons. The molecule has 10 nitrogen and oxygen atoms in total. The highest BCUT2D eigenvalue weighted by Gasteiger charge is 2.52. The first-order valence-electron chi connectivity index (χ1n) is 14.6. The summed E-state index contributed by atoms with van der Waals surface area (Å²) in [5.41, 5.74) is 1.92. The number of methoxy groups -OCH3 is 1. The van der Waals surface area contributed by atoms with Crippen LogP contribution < -0.4 is 14.8 Å². The number of halogens is 3. The number of esters is 1. The third kappa shape index (κ3) is 6.71. The Morgan fingerprint density at radius 1 is 1.04 bits per heavy atom. The zero-order valence-electron chi connectivity index (χ0n) is 24.8. The van der Waals surface area contributed by atoms with Crippen LogP contribution in [0.25, 0.3) is 22.3 Å². The zero-order valence-corrected chi connectivity index (χ0v) is 24.8. The van der Waals surface area contributed by atoms with E-state index in [1.807, 2.05) is 0 Å². The summed E-state index contributed by atoms with van der Waals surface area (Å²) in [4.78, 5) is 33.3. The lowest BCUT2D eigenvalue weighted by atomic mass is 9.49. The molecule has 0 atom stereocenters. The van der Waals surface area contributed by atoms with Crippen molar-refractivity contribution in [2.24, 2.45) is 11.3 Å². The van der Waals surface area contributed by atoms with Crippen molar-refractivity contribution in [3.63, 3.8) is 0 Å².